The third-order valence-corrected chi connectivity index (χ3v) is 7.20. The lowest BCUT2D eigenvalue weighted by molar-refractivity contribution is 0.670. The van der Waals surface area contributed by atoms with Gasteiger partial charge in [0.25, 0.3) is 0 Å². The maximum atomic E-state index is 6.25. The van der Waals surface area contributed by atoms with Gasteiger partial charge in [-0.25, -0.2) is 0 Å². The Labute approximate surface area is 221 Å². The van der Waals surface area contributed by atoms with Crippen molar-refractivity contribution < 1.29 is 4.42 Å². The Morgan fingerprint density at radius 1 is 0.474 bits per heavy atom. The number of pyridine rings is 1. The zero-order chi connectivity index (χ0) is 25.5. The molecule has 0 spiro atoms. The molecule has 2 heterocycles. The van der Waals surface area contributed by atoms with E-state index in [1.807, 2.05) is 25.1 Å². The van der Waals surface area contributed by atoms with Gasteiger partial charge in [0.15, 0.2) is 0 Å². The topological polar surface area (TPSA) is 26.0 Å². The molecular formula is C36H25NO. The number of nitrogens with zero attached hydrogens (tertiary/aromatic N) is 1. The molecule has 0 bridgehead atoms. The van der Waals surface area contributed by atoms with Crippen molar-refractivity contribution in [2.45, 2.75) is 6.92 Å². The maximum Gasteiger partial charge on any atom is 0.143 e. The molecule has 180 valence electrons. The highest BCUT2D eigenvalue weighted by molar-refractivity contribution is 6.09. The first-order valence-corrected chi connectivity index (χ1v) is 12.9. The van der Waals surface area contributed by atoms with Crippen LogP contribution >= 0.6 is 0 Å². The summed E-state index contributed by atoms with van der Waals surface area (Å²) in [7, 11) is 0. The van der Waals surface area contributed by atoms with Crippen molar-refractivity contribution in [3.05, 3.63) is 139 Å². The van der Waals surface area contributed by atoms with Gasteiger partial charge >= 0.3 is 0 Å². The van der Waals surface area contributed by atoms with Crippen molar-refractivity contribution in [3.8, 4) is 44.6 Å². The van der Waals surface area contributed by atoms with Gasteiger partial charge in [0.2, 0.25) is 0 Å². The lowest BCUT2D eigenvalue weighted by atomic mass is 9.96. The molecule has 0 fully saturated rings. The Hall–Kier alpha value is -4.95. The predicted molar refractivity (Wildman–Crippen MR) is 158 cm³/mol. The average molecular weight is 488 g/mol. The number of aryl methyl sites for hydroxylation is 1. The third kappa shape index (κ3) is 3.97. The quantitative estimate of drug-likeness (QED) is 0.247. The van der Waals surface area contributed by atoms with Crippen molar-refractivity contribution >= 4 is 21.9 Å². The number of rotatable bonds is 4. The van der Waals surface area contributed by atoms with E-state index in [0.29, 0.717) is 0 Å². The van der Waals surface area contributed by atoms with E-state index < -0.39 is 0 Å². The van der Waals surface area contributed by atoms with Gasteiger partial charge in [-0.15, -0.1) is 0 Å². The monoisotopic (exact) mass is 487 g/mol. The fourth-order valence-corrected chi connectivity index (χ4v) is 5.23. The minimum absolute atomic E-state index is 0.923. The van der Waals surface area contributed by atoms with Gasteiger partial charge in [0, 0.05) is 27.6 Å². The molecule has 0 unspecified atom stereocenters. The van der Waals surface area contributed by atoms with Crippen LogP contribution in [0.2, 0.25) is 0 Å². The van der Waals surface area contributed by atoms with Crippen LogP contribution in [-0.2, 0) is 0 Å². The minimum atomic E-state index is 0.923. The van der Waals surface area contributed by atoms with Crippen LogP contribution in [0.15, 0.2) is 138 Å². The molecule has 0 saturated heterocycles. The van der Waals surface area contributed by atoms with Gasteiger partial charge in [-0.1, -0.05) is 109 Å². The Morgan fingerprint density at radius 2 is 1.08 bits per heavy atom. The molecule has 7 rings (SSSR count). The second kappa shape index (κ2) is 9.17. The Balaban J connectivity index is 1.18. The van der Waals surface area contributed by atoms with E-state index in [1.54, 1.807) is 0 Å². The van der Waals surface area contributed by atoms with Crippen molar-refractivity contribution in [2.75, 3.05) is 0 Å². The van der Waals surface area contributed by atoms with Gasteiger partial charge in [-0.05, 0) is 59.0 Å². The van der Waals surface area contributed by atoms with Gasteiger partial charge in [-0.3, -0.25) is 4.98 Å². The van der Waals surface area contributed by atoms with Gasteiger partial charge in [0.1, 0.15) is 11.2 Å². The Kier molecular flexibility index (Phi) is 5.37. The molecule has 0 aliphatic rings. The van der Waals surface area contributed by atoms with Gasteiger partial charge < -0.3 is 4.42 Å². The van der Waals surface area contributed by atoms with E-state index in [2.05, 4.69) is 120 Å². The predicted octanol–water partition coefficient (Wildman–Crippen LogP) is 9.96. The molecule has 0 atom stereocenters. The number of furan rings is 1. The number of benzene rings is 5. The van der Waals surface area contributed by atoms with Gasteiger partial charge in [0.05, 0.1) is 5.69 Å². The summed E-state index contributed by atoms with van der Waals surface area (Å²) in [6.07, 6.45) is 0. The van der Waals surface area contributed by atoms with E-state index in [1.165, 1.54) is 22.3 Å². The zero-order valence-electron chi connectivity index (χ0n) is 21.1. The molecular weight excluding hydrogens is 462 g/mol. The average Bonchev–Trinajstić information content (AvgIpc) is 3.37. The first kappa shape index (κ1) is 22.3. The summed E-state index contributed by atoms with van der Waals surface area (Å²) in [4.78, 5) is 4.68. The minimum Gasteiger partial charge on any atom is -0.455 e. The van der Waals surface area contributed by atoms with Crippen molar-refractivity contribution in [1.82, 2.24) is 4.98 Å². The summed E-state index contributed by atoms with van der Waals surface area (Å²) in [5.74, 6) is 0. The summed E-state index contributed by atoms with van der Waals surface area (Å²) in [5, 5.41) is 2.31. The fraction of sp³-hybridized carbons (Fsp3) is 0.0278. The standard InChI is InChI=1S/C36H25NO/c1-24-7-4-13-34(37-24)30-9-5-8-29(23-30)27-17-15-25(16-18-27)26-19-21-28(22-20-26)31-11-6-12-33-32-10-2-3-14-35(32)38-36(31)33/h2-23H,1H3. The number of hydrogen-bond donors (Lipinski definition) is 0. The summed E-state index contributed by atoms with van der Waals surface area (Å²) in [5.41, 5.74) is 12.0. The summed E-state index contributed by atoms with van der Waals surface area (Å²) < 4.78 is 6.25. The van der Waals surface area contributed by atoms with Crippen LogP contribution in [-0.4, -0.2) is 4.98 Å². The molecule has 5 aromatic carbocycles. The highest BCUT2D eigenvalue weighted by atomic mass is 16.3. The molecule has 0 aliphatic carbocycles. The van der Waals surface area contributed by atoms with Crippen LogP contribution in [0, 0.1) is 6.92 Å². The second-order valence-corrected chi connectivity index (χ2v) is 9.68. The normalized spacial score (nSPS) is 11.3. The van der Waals surface area contributed by atoms with E-state index in [4.69, 9.17) is 4.42 Å². The largest absolute Gasteiger partial charge is 0.455 e. The lowest BCUT2D eigenvalue weighted by Crippen LogP contribution is -1.87. The summed E-state index contributed by atoms with van der Waals surface area (Å²) >= 11 is 0. The Bertz CT molecular complexity index is 1910. The molecule has 0 N–H and O–H groups in total. The zero-order valence-corrected chi connectivity index (χ0v) is 21.1. The summed E-state index contributed by atoms with van der Waals surface area (Å²) in [6.45, 7) is 2.03. The number of hydrogen-bond acceptors (Lipinski definition) is 2. The van der Waals surface area contributed by atoms with E-state index >= 15 is 0 Å². The maximum absolute atomic E-state index is 6.25. The van der Waals surface area contributed by atoms with Crippen molar-refractivity contribution in [3.63, 3.8) is 0 Å². The number of aromatic nitrogens is 1. The van der Waals surface area contributed by atoms with Gasteiger partial charge in [-0.2, -0.15) is 0 Å². The highest BCUT2D eigenvalue weighted by Crippen LogP contribution is 2.36. The summed E-state index contributed by atoms with van der Waals surface area (Å²) in [6, 6.07) is 46.9. The fourth-order valence-electron chi connectivity index (χ4n) is 5.23. The number of para-hydroxylation sites is 2. The Morgan fingerprint density at radius 3 is 1.84 bits per heavy atom. The first-order valence-electron chi connectivity index (χ1n) is 12.9. The smallest absolute Gasteiger partial charge is 0.143 e. The van der Waals surface area contributed by atoms with E-state index in [0.717, 1.165) is 50.0 Å². The molecule has 7 aromatic rings. The molecule has 0 radical (unpaired) electrons. The van der Waals surface area contributed by atoms with Crippen molar-refractivity contribution in [2.24, 2.45) is 0 Å². The SMILES string of the molecule is Cc1cccc(-c2cccc(-c3ccc(-c4ccc(-c5cccc6c5oc5ccccc56)cc4)cc3)c2)n1. The molecule has 0 aliphatic heterocycles. The first-order chi connectivity index (χ1) is 18.7. The second-order valence-electron chi connectivity index (χ2n) is 9.68. The molecule has 2 aromatic heterocycles. The van der Waals surface area contributed by atoms with E-state index in [9.17, 15) is 0 Å². The van der Waals surface area contributed by atoms with Crippen LogP contribution in [0.4, 0.5) is 0 Å². The molecule has 2 nitrogen and oxygen atoms in total. The van der Waals surface area contributed by atoms with Crippen LogP contribution in [0.5, 0.6) is 0 Å². The van der Waals surface area contributed by atoms with Crippen LogP contribution in [0.1, 0.15) is 5.69 Å². The van der Waals surface area contributed by atoms with Crippen LogP contribution < -0.4 is 0 Å². The molecule has 38 heavy (non-hydrogen) atoms. The molecule has 0 saturated carbocycles. The van der Waals surface area contributed by atoms with Crippen molar-refractivity contribution in [1.29, 1.82) is 0 Å². The highest BCUT2D eigenvalue weighted by Gasteiger charge is 2.12. The lowest BCUT2D eigenvalue weighted by Gasteiger charge is -2.09. The van der Waals surface area contributed by atoms with E-state index in [-0.39, 0.29) is 0 Å². The van der Waals surface area contributed by atoms with Crippen LogP contribution in [0.3, 0.4) is 0 Å². The van der Waals surface area contributed by atoms with Crippen LogP contribution in [0.25, 0.3) is 66.6 Å². The molecule has 0 amide bonds. The molecule has 2 heteroatoms. The number of fused-ring (bicyclic) bond motifs is 3. The third-order valence-electron chi connectivity index (χ3n) is 7.20.